The average molecular weight is 412 g/mol. The highest BCUT2D eigenvalue weighted by Gasteiger charge is 2.75. The summed E-state index contributed by atoms with van der Waals surface area (Å²) in [4.78, 5) is 41.3. The lowest BCUT2D eigenvalue weighted by Gasteiger charge is -2.39. The zero-order valence-electron chi connectivity index (χ0n) is 17.2. The Balaban J connectivity index is 1.99. The van der Waals surface area contributed by atoms with Gasteiger partial charge in [-0.3, -0.25) is 14.4 Å². The Morgan fingerprint density at radius 3 is 2.68 bits per heavy atom. The second-order valence-electron chi connectivity index (χ2n) is 8.62. The van der Waals surface area contributed by atoms with Crippen molar-refractivity contribution < 1.29 is 19.5 Å². The van der Waals surface area contributed by atoms with E-state index in [1.165, 1.54) is 0 Å². The van der Waals surface area contributed by atoms with Crippen LogP contribution in [0.5, 0.6) is 0 Å². The second kappa shape index (κ2) is 8.22. The quantitative estimate of drug-likeness (QED) is 0.548. The molecule has 1 spiro atoms. The van der Waals surface area contributed by atoms with Gasteiger partial charge < -0.3 is 20.6 Å². The Morgan fingerprint density at radius 2 is 2.07 bits per heavy atom. The largest absolute Gasteiger partial charge is 0.396 e. The van der Waals surface area contributed by atoms with Gasteiger partial charge in [-0.25, -0.2) is 0 Å². The first-order valence-electron chi connectivity index (χ1n) is 10.5. The lowest BCUT2D eigenvalue weighted by atomic mass is 9.66. The number of nitrogens with one attached hydrogen (secondary N) is 2. The number of fused-ring (bicyclic) bond motifs is 1. The number of carbonyl (C=O) groups excluding carboxylic acids is 3. The molecule has 0 saturated carbocycles. The van der Waals surface area contributed by atoms with Crippen molar-refractivity contribution in [2.24, 2.45) is 17.8 Å². The molecule has 3 aliphatic rings. The maximum Gasteiger partial charge on any atom is 0.244 e. The standard InChI is InChI=1S/C20H33N3O4S/c1-5-7-21-17(25)14-13-10-12(4)20(28-13)15(14)19(27)23(8-6-9-24)16(20)18(26)22-11(2)3/h11-16,24H,5-10H2,1-4H3,(H,21,25)(H,22,26)/t12?,13-,14+,15+,16?,20?/m1/s1. The van der Waals surface area contributed by atoms with Crippen LogP contribution in [0, 0.1) is 17.8 Å². The molecular weight excluding hydrogens is 378 g/mol. The van der Waals surface area contributed by atoms with Gasteiger partial charge in [0.1, 0.15) is 6.04 Å². The number of amides is 3. The van der Waals surface area contributed by atoms with Crippen LogP contribution in [0.3, 0.4) is 0 Å². The molecule has 7 nitrogen and oxygen atoms in total. The van der Waals surface area contributed by atoms with E-state index in [1.54, 1.807) is 16.7 Å². The number of aliphatic hydroxyl groups excluding tert-OH is 1. The Morgan fingerprint density at radius 1 is 1.36 bits per heavy atom. The fraction of sp³-hybridized carbons (Fsp3) is 0.850. The monoisotopic (exact) mass is 411 g/mol. The number of hydrogen-bond donors (Lipinski definition) is 3. The number of hydrogen-bond acceptors (Lipinski definition) is 5. The van der Waals surface area contributed by atoms with Crippen molar-refractivity contribution in [1.29, 1.82) is 0 Å². The smallest absolute Gasteiger partial charge is 0.244 e. The van der Waals surface area contributed by atoms with Crippen LogP contribution in [-0.2, 0) is 14.4 Å². The molecule has 3 amide bonds. The van der Waals surface area contributed by atoms with Crippen molar-refractivity contribution in [2.45, 2.75) is 69.0 Å². The molecule has 3 N–H and O–H groups in total. The summed E-state index contributed by atoms with van der Waals surface area (Å²) in [6.45, 7) is 8.83. The van der Waals surface area contributed by atoms with Crippen molar-refractivity contribution in [1.82, 2.24) is 15.5 Å². The molecule has 3 aliphatic heterocycles. The zero-order valence-corrected chi connectivity index (χ0v) is 18.1. The van der Waals surface area contributed by atoms with Crippen molar-refractivity contribution in [3.63, 3.8) is 0 Å². The topological polar surface area (TPSA) is 98.7 Å². The SMILES string of the molecule is CCCNC(=O)[C@@H]1[C@H]2C(=O)N(CCCO)C(C(=O)NC(C)C)C23S[C@@H]1CC3C. The number of carbonyl (C=O) groups is 3. The van der Waals surface area contributed by atoms with Gasteiger partial charge in [-0.2, -0.15) is 0 Å². The van der Waals surface area contributed by atoms with Gasteiger partial charge in [-0.1, -0.05) is 13.8 Å². The van der Waals surface area contributed by atoms with E-state index in [-0.39, 0.29) is 47.5 Å². The number of likely N-dealkylation sites (tertiary alicyclic amines) is 1. The molecule has 2 bridgehead atoms. The molecule has 8 heteroatoms. The van der Waals surface area contributed by atoms with E-state index in [1.807, 2.05) is 20.8 Å². The fourth-order valence-electron chi connectivity index (χ4n) is 5.33. The molecule has 3 saturated heterocycles. The highest BCUT2D eigenvalue weighted by atomic mass is 32.2. The van der Waals surface area contributed by atoms with Crippen molar-refractivity contribution in [3.05, 3.63) is 0 Å². The van der Waals surface area contributed by atoms with Gasteiger partial charge in [-0.05, 0) is 39.0 Å². The highest BCUT2D eigenvalue weighted by molar-refractivity contribution is 8.02. The lowest BCUT2D eigenvalue weighted by Crippen LogP contribution is -2.57. The molecular formula is C20H33N3O4S. The van der Waals surface area contributed by atoms with Crippen molar-refractivity contribution in [2.75, 3.05) is 19.7 Å². The van der Waals surface area contributed by atoms with Gasteiger partial charge >= 0.3 is 0 Å². The Kier molecular flexibility index (Phi) is 6.29. The molecule has 0 aromatic carbocycles. The molecule has 28 heavy (non-hydrogen) atoms. The minimum absolute atomic E-state index is 0.0275. The second-order valence-corrected chi connectivity index (χ2v) is 10.2. The summed E-state index contributed by atoms with van der Waals surface area (Å²) in [6.07, 6.45) is 2.12. The van der Waals surface area contributed by atoms with E-state index >= 15 is 0 Å². The zero-order chi connectivity index (χ0) is 20.6. The van der Waals surface area contributed by atoms with Crippen LogP contribution in [0.4, 0.5) is 0 Å². The molecule has 0 radical (unpaired) electrons. The van der Waals surface area contributed by atoms with Gasteiger partial charge in [0.15, 0.2) is 0 Å². The van der Waals surface area contributed by atoms with Crippen LogP contribution < -0.4 is 10.6 Å². The third kappa shape index (κ3) is 3.22. The number of aliphatic hydroxyl groups is 1. The summed E-state index contributed by atoms with van der Waals surface area (Å²) in [6, 6.07) is -0.617. The Hall–Kier alpha value is -1.28. The highest BCUT2D eigenvalue weighted by Crippen LogP contribution is 2.68. The van der Waals surface area contributed by atoms with Crippen LogP contribution >= 0.6 is 11.8 Å². The molecule has 3 heterocycles. The first-order valence-corrected chi connectivity index (χ1v) is 11.3. The van der Waals surface area contributed by atoms with Gasteiger partial charge in [0.2, 0.25) is 17.7 Å². The summed E-state index contributed by atoms with van der Waals surface area (Å²) in [5, 5.41) is 15.3. The molecule has 3 rings (SSSR count). The summed E-state index contributed by atoms with van der Waals surface area (Å²) in [5.74, 6) is -0.973. The molecule has 158 valence electrons. The van der Waals surface area contributed by atoms with Gasteiger partial charge in [0.25, 0.3) is 0 Å². The van der Waals surface area contributed by atoms with Gasteiger partial charge in [0.05, 0.1) is 16.6 Å². The summed E-state index contributed by atoms with van der Waals surface area (Å²) < 4.78 is -0.565. The Labute approximate surface area is 171 Å². The summed E-state index contributed by atoms with van der Waals surface area (Å²) in [7, 11) is 0. The minimum Gasteiger partial charge on any atom is -0.396 e. The van der Waals surface area contributed by atoms with E-state index in [9.17, 15) is 19.5 Å². The number of rotatable bonds is 8. The maximum atomic E-state index is 13.5. The van der Waals surface area contributed by atoms with Crippen LogP contribution in [0.1, 0.15) is 47.0 Å². The molecule has 3 fully saturated rings. The first-order chi connectivity index (χ1) is 13.3. The van der Waals surface area contributed by atoms with Crippen LogP contribution in [-0.4, -0.2) is 69.5 Å². The van der Waals surface area contributed by atoms with E-state index in [0.717, 1.165) is 12.8 Å². The molecule has 6 atom stereocenters. The van der Waals surface area contributed by atoms with Gasteiger partial charge in [0, 0.05) is 31.0 Å². The number of nitrogens with zero attached hydrogens (tertiary/aromatic N) is 1. The fourth-order valence-corrected chi connectivity index (χ4v) is 7.75. The lowest BCUT2D eigenvalue weighted by molar-refractivity contribution is -0.140. The van der Waals surface area contributed by atoms with E-state index in [4.69, 9.17) is 0 Å². The van der Waals surface area contributed by atoms with Crippen molar-refractivity contribution >= 4 is 29.5 Å². The predicted octanol–water partition coefficient (Wildman–Crippen LogP) is 0.757. The van der Waals surface area contributed by atoms with Crippen LogP contribution in [0.25, 0.3) is 0 Å². The molecule has 0 aromatic heterocycles. The van der Waals surface area contributed by atoms with Crippen LogP contribution in [0.15, 0.2) is 0 Å². The third-order valence-corrected chi connectivity index (χ3v) is 8.41. The Bertz CT molecular complexity index is 643. The van der Waals surface area contributed by atoms with E-state index < -0.39 is 16.7 Å². The maximum absolute atomic E-state index is 13.5. The van der Waals surface area contributed by atoms with Gasteiger partial charge in [-0.15, -0.1) is 11.8 Å². The molecule has 0 aromatic rings. The summed E-state index contributed by atoms with van der Waals surface area (Å²) >= 11 is 1.69. The minimum atomic E-state index is -0.590. The summed E-state index contributed by atoms with van der Waals surface area (Å²) in [5.41, 5.74) is 0. The average Bonchev–Trinajstić information content (AvgIpc) is 3.21. The third-order valence-electron chi connectivity index (χ3n) is 6.33. The van der Waals surface area contributed by atoms with Crippen molar-refractivity contribution in [3.8, 4) is 0 Å². The predicted molar refractivity (Wildman–Crippen MR) is 109 cm³/mol. The number of thioether (sulfide) groups is 1. The molecule has 0 aliphatic carbocycles. The first kappa shape index (κ1) is 21.4. The van der Waals surface area contributed by atoms with E-state index in [0.29, 0.717) is 19.5 Å². The van der Waals surface area contributed by atoms with E-state index in [2.05, 4.69) is 17.6 Å². The normalized spacial score (nSPS) is 36.1. The molecule has 3 unspecified atom stereocenters. The van der Waals surface area contributed by atoms with Crippen LogP contribution in [0.2, 0.25) is 0 Å².